The molecule has 0 heterocycles. The van der Waals surface area contributed by atoms with E-state index in [4.69, 9.17) is 5.90 Å². The summed E-state index contributed by atoms with van der Waals surface area (Å²) in [6.07, 6.45) is 0. The maximum absolute atomic E-state index is 11.5. The monoisotopic (exact) mass is 253 g/mol. The maximum atomic E-state index is 11.5. The highest BCUT2D eigenvalue weighted by Crippen LogP contribution is 2.10. The quantitative estimate of drug-likeness (QED) is 0.395. The number of esters is 2. The van der Waals surface area contributed by atoms with Crippen LogP contribution in [0.15, 0.2) is 18.2 Å². The number of rotatable bonds is 4. The molecule has 0 radical (unpaired) electrons. The van der Waals surface area contributed by atoms with E-state index in [1.165, 1.54) is 32.4 Å². The van der Waals surface area contributed by atoms with Gasteiger partial charge in [-0.05, 0) is 17.6 Å². The molecule has 0 saturated heterocycles. The molecule has 0 fully saturated rings. The molecule has 18 heavy (non-hydrogen) atoms. The molecule has 7 nitrogen and oxygen atoms in total. The van der Waals surface area contributed by atoms with Crippen LogP contribution in [0.4, 0.5) is 0 Å². The highest BCUT2D eigenvalue weighted by Gasteiger charge is 2.23. The largest absolute Gasteiger partial charge is 0.508 e. The van der Waals surface area contributed by atoms with Crippen molar-refractivity contribution in [3.8, 4) is 0 Å². The Labute approximate surface area is 104 Å². The second kappa shape index (κ2) is 6.15. The first-order chi connectivity index (χ1) is 8.54. The Morgan fingerprint density at radius 3 is 2.22 bits per heavy atom. The summed E-state index contributed by atoms with van der Waals surface area (Å²) in [7, 11) is 0.959. The van der Waals surface area contributed by atoms with Crippen LogP contribution in [0.25, 0.3) is 0 Å². The second-order valence-electron chi connectivity index (χ2n) is 3.28. The number of benzene rings is 1. The zero-order valence-electron chi connectivity index (χ0n) is 9.88. The van der Waals surface area contributed by atoms with Gasteiger partial charge in [0, 0.05) is 0 Å². The summed E-state index contributed by atoms with van der Waals surface area (Å²) in [5, 5.41) is 9.38. The normalized spacial score (nSPS) is 9.78. The van der Waals surface area contributed by atoms with Crippen LogP contribution in [0.1, 0.15) is 20.7 Å². The lowest BCUT2D eigenvalue weighted by molar-refractivity contribution is 0.0555. The van der Waals surface area contributed by atoms with E-state index in [-0.39, 0.29) is 16.6 Å². The standard InChI is InChI=1S/C10H12BNO6/c1-16-9(13)7-4-3-6(11(15)18-12)5-8(7)10(14)17-2/h3-5,15H,12H2,1-2H3. The van der Waals surface area contributed by atoms with E-state index in [1.54, 1.807) is 0 Å². The van der Waals surface area contributed by atoms with E-state index < -0.39 is 19.1 Å². The van der Waals surface area contributed by atoms with Crippen molar-refractivity contribution in [1.29, 1.82) is 0 Å². The molecule has 1 aromatic carbocycles. The Bertz CT molecular complexity index is 464. The fraction of sp³-hybridized carbons (Fsp3) is 0.200. The molecule has 8 heteroatoms. The van der Waals surface area contributed by atoms with Gasteiger partial charge in [0.1, 0.15) is 0 Å². The molecule has 0 amide bonds. The maximum Gasteiger partial charge on any atom is 0.508 e. The Morgan fingerprint density at radius 1 is 1.17 bits per heavy atom. The van der Waals surface area contributed by atoms with E-state index in [0.717, 1.165) is 0 Å². The van der Waals surface area contributed by atoms with Crippen LogP contribution in [-0.4, -0.2) is 38.3 Å². The first-order valence-corrected chi connectivity index (χ1v) is 4.89. The van der Waals surface area contributed by atoms with E-state index in [2.05, 4.69) is 14.2 Å². The first kappa shape index (κ1) is 14.2. The van der Waals surface area contributed by atoms with Gasteiger partial charge in [0.05, 0.1) is 25.3 Å². The molecule has 3 N–H and O–H groups in total. The summed E-state index contributed by atoms with van der Waals surface area (Å²) in [4.78, 5) is 23.0. The summed E-state index contributed by atoms with van der Waals surface area (Å²) < 4.78 is 13.3. The van der Waals surface area contributed by atoms with Crippen LogP contribution in [0.5, 0.6) is 0 Å². The predicted molar refractivity (Wildman–Crippen MR) is 62.0 cm³/mol. The minimum Gasteiger partial charge on any atom is -0.465 e. The lowest BCUT2D eigenvalue weighted by Gasteiger charge is -2.09. The van der Waals surface area contributed by atoms with Crippen LogP contribution < -0.4 is 11.4 Å². The van der Waals surface area contributed by atoms with Gasteiger partial charge in [-0.2, -0.15) is 0 Å². The minimum absolute atomic E-state index is 0.0253. The third-order valence-corrected chi connectivity index (χ3v) is 2.27. The third-order valence-electron chi connectivity index (χ3n) is 2.27. The number of ether oxygens (including phenoxy) is 2. The van der Waals surface area contributed by atoms with Gasteiger partial charge < -0.3 is 19.3 Å². The number of hydrogen-bond donors (Lipinski definition) is 2. The minimum atomic E-state index is -1.40. The highest BCUT2D eigenvalue weighted by atomic mass is 16.6. The molecule has 0 aliphatic heterocycles. The Balaban J connectivity index is 3.29. The summed E-state index contributed by atoms with van der Waals surface area (Å²) >= 11 is 0. The molecule has 0 aliphatic rings. The zero-order valence-corrected chi connectivity index (χ0v) is 9.88. The van der Waals surface area contributed by atoms with Crippen LogP contribution in [0.3, 0.4) is 0 Å². The highest BCUT2D eigenvalue weighted by molar-refractivity contribution is 6.60. The summed E-state index contributed by atoms with van der Waals surface area (Å²) in [5.41, 5.74) is 0.195. The molecule has 0 aliphatic carbocycles. The van der Waals surface area contributed by atoms with Crippen molar-refractivity contribution in [2.75, 3.05) is 14.2 Å². The van der Waals surface area contributed by atoms with Crippen LogP contribution in [0, 0.1) is 0 Å². The number of methoxy groups -OCH3 is 2. The van der Waals surface area contributed by atoms with Gasteiger partial charge in [-0.1, -0.05) is 6.07 Å². The van der Waals surface area contributed by atoms with Gasteiger partial charge in [-0.3, -0.25) is 0 Å². The van der Waals surface area contributed by atoms with Gasteiger partial charge in [0.2, 0.25) is 0 Å². The number of carbonyl (C=O) groups is 2. The zero-order chi connectivity index (χ0) is 13.7. The smallest absolute Gasteiger partial charge is 0.465 e. The van der Waals surface area contributed by atoms with Crippen LogP contribution in [0.2, 0.25) is 0 Å². The number of carbonyl (C=O) groups excluding carboxylic acids is 2. The molecule has 0 atom stereocenters. The van der Waals surface area contributed by atoms with E-state index in [0.29, 0.717) is 0 Å². The van der Waals surface area contributed by atoms with E-state index in [9.17, 15) is 14.6 Å². The third kappa shape index (κ3) is 2.86. The van der Waals surface area contributed by atoms with Crippen molar-refractivity contribution in [3.05, 3.63) is 29.3 Å². The topological polar surface area (TPSA) is 108 Å². The molecular formula is C10H12BNO6. The number of hydrogen-bond acceptors (Lipinski definition) is 7. The van der Waals surface area contributed by atoms with Gasteiger partial charge in [-0.15, -0.1) is 0 Å². The van der Waals surface area contributed by atoms with Crippen molar-refractivity contribution in [1.82, 2.24) is 0 Å². The lowest BCUT2D eigenvalue weighted by Crippen LogP contribution is -2.37. The SMILES string of the molecule is COC(=O)c1ccc(B(O)ON)cc1C(=O)OC. The summed E-state index contributed by atoms with van der Waals surface area (Å²) in [6.45, 7) is 0. The molecule has 96 valence electrons. The van der Waals surface area contributed by atoms with E-state index in [1.807, 2.05) is 0 Å². The Kier molecular flexibility index (Phi) is 4.84. The molecule has 1 aromatic rings. The average molecular weight is 253 g/mol. The van der Waals surface area contributed by atoms with Crippen molar-refractivity contribution >= 4 is 24.5 Å². The molecule has 0 unspecified atom stereocenters. The first-order valence-electron chi connectivity index (χ1n) is 4.89. The molecule has 0 saturated carbocycles. The van der Waals surface area contributed by atoms with Gasteiger partial charge in [-0.25, -0.2) is 15.5 Å². The molecule has 1 rings (SSSR count). The second-order valence-corrected chi connectivity index (χ2v) is 3.28. The molecule has 0 spiro atoms. The number of nitrogens with two attached hydrogens (primary N) is 1. The van der Waals surface area contributed by atoms with Crippen LogP contribution in [-0.2, 0) is 14.2 Å². The fourth-order valence-corrected chi connectivity index (χ4v) is 1.36. The Hall–Kier alpha value is -1.90. The van der Waals surface area contributed by atoms with Crippen LogP contribution >= 0.6 is 0 Å². The van der Waals surface area contributed by atoms with Gasteiger partial charge in [0.25, 0.3) is 0 Å². The predicted octanol–water partition coefficient (Wildman–Crippen LogP) is -1.16. The van der Waals surface area contributed by atoms with E-state index >= 15 is 0 Å². The lowest BCUT2D eigenvalue weighted by atomic mass is 9.78. The fourth-order valence-electron chi connectivity index (χ4n) is 1.36. The molecule has 0 bridgehead atoms. The Morgan fingerprint density at radius 2 is 1.72 bits per heavy atom. The van der Waals surface area contributed by atoms with Gasteiger partial charge in [0.15, 0.2) is 0 Å². The van der Waals surface area contributed by atoms with Crippen molar-refractivity contribution in [3.63, 3.8) is 0 Å². The van der Waals surface area contributed by atoms with Crippen molar-refractivity contribution < 1.29 is 28.8 Å². The van der Waals surface area contributed by atoms with Crippen molar-refractivity contribution in [2.24, 2.45) is 5.90 Å². The molecular weight excluding hydrogens is 241 g/mol. The summed E-state index contributed by atoms with van der Waals surface area (Å²) in [6, 6.07) is 3.95. The van der Waals surface area contributed by atoms with Crippen molar-refractivity contribution in [2.45, 2.75) is 0 Å². The summed E-state index contributed by atoms with van der Waals surface area (Å²) in [5.74, 6) is 3.40. The average Bonchev–Trinajstić information content (AvgIpc) is 2.43. The van der Waals surface area contributed by atoms with Gasteiger partial charge >= 0.3 is 19.1 Å². The molecule has 0 aromatic heterocycles.